The summed E-state index contributed by atoms with van der Waals surface area (Å²) < 4.78 is 0. The first kappa shape index (κ1) is 12.9. The lowest BCUT2D eigenvalue weighted by Crippen LogP contribution is -2.09. The maximum atomic E-state index is 10.4. The number of amides is 1. The quantitative estimate of drug-likeness (QED) is 0.739. The fraction of sp³-hybridized carbons (Fsp3) is 0. The van der Waals surface area contributed by atoms with E-state index in [9.17, 15) is 4.79 Å². The molecule has 0 radical (unpaired) electrons. The molecular weight excluding hydrogens is 195 g/mol. The fourth-order valence-electron chi connectivity index (χ4n) is 0.880. The Kier molecular flexibility index (Phi) is 6.29. The van der Waals surface area contributed by atoms with Crippen molar-refractivity contribution in [3.63, 3.8) is 0 Å². The topological polar surface area (TPSA) is 58.9 Å². The Morgan fingerprint density at radius 2 is 1.53 bits per heavy atom. The molecule has 0 spiro atoms. The van der Waals surface area contributed by atoms with Crippen LogP contribution in [0.2, 0.25) is 0 Å². The van der Waals surface area contributed by atoms with E-state index in [2.05, 4.69) is 4.98 Å². The Bertz CT molecular complexity index is 342. The molecule has 0 fully saturated rings. The van der Waals surface area contributed by atoms with E-state index in [0.29, 0.717) is 5.56 Å². The number of nitrogens with two attached hydrogens (primary N) is 1. The SMILES string of the molecule is F.NC(=O)c1ccccc1.c1cc[nH]c1. The van der Waals surface area contributed by atoms with E-state index in [1.165, 1.54) is 0 Å². The van der Waals surface area contributed by atoms with Crippen molar-refractivity contribution >= 4 is 5.91 Å². The van der Waals surface area contributed by atoms with Gasteiger partial charge in [0.2, 0.25) is 5.91 Å². The van der Waals surface area contributed by atoms with Crippen molar-refractivity contribution in [2.75, 3.05) is 0 Å². The Morgan fingerprint density at radius 1 is 1.00 bits per heavy atom. The number of aromatic amines is 1. The molecule has 4 heteroatoms. The molecule has 0 bridgehead atoms. The molecule has 1 heterocycles. The number of primary amides is 1. The summed E-state index contributed by atoms with van der Waals surface area (Å²) in [6.45, 7) is 0. The molecule has 15 heavy (non-hydrogen) atoms. The van der Waals surface area contributed by atoms with Gasteiger partial charge in [0.05, 0.1) is 0 Å². The predicted molar refractivity (Wildman–Crippen MR) is 58.3 cm³/mol. The molecule has 0 atom stereocenters. The van der Waals surface area contributed by atoms with Crippen molar-refractivity contribution in [3.05, 3.63) is 60.4 Å². The highest BCUT2D eigenvalue weighted by molar-refractivity contribution is 5.92. The van der Waals surface area contributed by atoms with Crippen LogP contribution in [0.5, 0.6) is 0 Å². The summed E-state index contributed by atoms with van der Waals surface area (Å²) in [6.07, 6.45) is 3.75. The van der Waals surface area contributed by atoms with E-state index < -0.39 is 0 Å². The number of hydrogen-bond acceptors (Lipinski definition) is 1. The van der Waals surface area contributed by atoms with E-state index in [0.717, 1.165) is 0 Å². The molecule has 80 valence electrons. The van der Waals surface area contributed by atoms with Crippen molar-refractivity contribution in [2.24, 2.45) is 5.73 Å². The van der Waals surface area contributed by atoms with Crippen LogP contribution in [-0.4, -0.2) is 10.9 Å². The Labute approximate surface area is 87.3 Å². The first-order chi connectivity index (χ1) is 6.80. The smallest absolute Gasteiger partial charge is 0.248 e. The van der Waals surface area contributed by atoms with Crippen LogP contribution in [0, 0.1) is 0 Å². The molecule has 2 rings (SSSR count). The van der Waals surface area contributed by atoms with Gasteiger partial charge in [0.15, 0.2) is 0 Å². The van der Waals surface area contributed by atoms with Crippen molar-refractivity contribution in [1.29, 1.82) is 0 Å². The first-order valence-electron chi connectivity index (χ1n) is 4.23. The Hall–Kier alpha value is -2.10. The molecule has 0 aliphatic heterocycles. The molecule has 1 aromatic heterocycles. The highest BCUT2D eigenvalue weighted by Crippen LogP contribution is 1.94. The number of nitrogens with one attached hydrogen (secondary N) is 1. The van der Waals surface area contributed by atoms with E-state index in [1.807, 2.05) is 30.6 Å². The minimum Gasteiger partial charge on any atom is -0.368 e. The van der Waals surface area contributed by atoms with Crippen molar-refractivity contribution in [2.45, 2.75) is 0 Å². The lowest BCUT2D eigenvalue weighted by Gasteiger charge is -1.89. The van der Waals surface area contributed by atoms with Crippen molar-refractivity contribution in [3.8, 4) is 0 Å². The summed E-state index contributed by atoms with van der Waals surface area (Å²) in [5.74, 6) is -0.379. The third-order valence-electron chi connectivity index (χ3n) is 1.55. The van der Waals surface area contributed by atoms with Gasteiger partial charge in [-0.2, -0.15) is 0 Å². The molecule has 0 saturated carbocycles. The Balaban J connectivity index is 0.000000280. The average Bonchev–Trinajstić information content (AvgIpc) is 2.77. The molecule has 3 N–H and O–H groups in total. The van der Waals surface area contributed by atoms with E-state index >= 15 is 0 Å². The van der Waals surface area contributed by atoms with Gasteiger partial charge in [-0.3, -0.25) is 9.50 Å². The second-order valence-electron chi connectivity index (χ2n) is 2.62. The van der Waals surface area contributed by atoms with Crippen LogP contribution in [0.1, 0.15) is 10.4 Å². The van der Waals surface area contributed by atoms with Gasteiger partial charge < -0.3 is 10.7 Å². The predicted octanol–water partition coefficient (Wildman–Crippen LogP) is 1.95. The van der Waals surface area contributed by atoms with Gasteiger partial charge >= 0.3 is 0 Å². The minimum atomic E-state index is -0.379. The van der Waals surface area contributed by atoms with Gasteiger partial charge in [0.25, 0.3) is 0 Å². The summed E-state index contributed by atoms with van der Waals surface area (Å²) in [6, 6.07) is 12.7. The van der Waals surface area contributed by atoms with Gasteiger partial charge in [-0.25, -0.2) is 0 Å². The molecule has 0 aliphatic carbocycles. The number of benzene rings is 1. The third kappa shape index (κ3) is 5.25. The van der Waals surface area contributed by atoms with Gasteiger partial charge in [-0.1, -0.05) is 18.2 Å². The number of aromatic nitrogens is 1. The minimum absolute atomic E-state index is 0. The fourth-order valence-corrected chi connectivity index (χ4v) is 0.880. The number of H-pyrrole nitrogens is 1. The van der Waals surface area contributed by atoms with Gasteiger partial charge in [-0.15, -0.1) is 0 Å². The van der Waals surface area contributed by atoms with Gasteiger partial charge in [0.1, 0.15) is 0 Å². The third-order valence-corrected chi connectivity index (χ3v) is 1.55. The number of halogens is 1. The second-order valence-corrected chi connectivity index (χ2v) is 2.62. The molecule has 2 aromatic rings. The number of carbonyl (C=O) groups excluding carboxylic acids is 1. The van der Waals surface area contributed by atoms with Crippen LogP contribution in [0.3, 0.4) is 0 Å². The second kappa shape index (κ2) is 7.32. The molecule has 3 nitrogen and oxygen atoms in total. The molecule has 0 saturated heterocycles. The summed E-state index contributed by atoms with van der Waals surface area (Å²) in [7, 11) is 0. The molecule has 1 amide bonds. The van der Waals surface area contributed by atoms with Crippen molar-refractivity contribution < 1.29 is 9.50 Å². The maximum Gasteiger partial charge on any atom is 0.248 e. The zero-order valence-corrected chi connectivity index (χ0v) is 8.09. The molecule has 0 aliphatic rings. The van der Waals surface area contributed by atoms with Crippen LogP contribution in [0.25, 0.3) is 0 Å². The Morgan fingerprint density at radius 3 is 1.80 bits per heavy atom. The first-order valence-corrected chi connectivity index (χ1v) is 4.23. The summed E-state index contributed by atoms with van der Waals surface area (Å²) in [5, 5.41) is 0. The highest BCUT2D eigenvalue weighted by atomic mass is 19.0. The van der Waals surface area contributed by atoms with Crippen LogP contribution >= 0.6 is 0 Å². The van der Waals surface area contributed by atoms with Gasteiger partial charge in [0, 0.05) is 18.0 Å². The number of hydrogen-bond donors (Lipinski definition) is 2. The highest BCUT2D eigenvalue weighted by Gasteiger charge is 1.93. The monoisotopic (exact) mass is 208 g/mol. The maximum absolute atomic E-state index is 10.4. The van der Waals surface area contributed by atoms with Crippen LogP contribution < -0.4 is 5.73 Å². The lowest BCUT2D eigenvalue weighted by molar-refractivity contribution is 0.100. The molecule has 1 aromatic carbocycles. The lowest BCUT2D eigenvalue weighted by atomic mass is 10.2. The summed E-state index contributed by atoms with van der Waals surface area (Å²) in [5.41, 5.74) is 5.53. The van der Waals surface area contributed by atoms with Crippen LogP contribution in [-0.2, 0) is 0 Å². The number of rotatable bonds is 1. The van der Waals surface area contributed by atoms with Crippen LogP contribution in [0.4, 0.5) is 4.70 Å². The zero-order chi connectivity index (χ0) is 10.2. The summed E-state index contributed by atoms with van der Waals surface area (Å²) >= 11 is 0. The van der Waals surface area contributed by atoms with Gasteiger partial charge in [-0.05, 0) is 24.3 Å². The normalized spacial score (nSPS) is 8.00. The van der Waals surface area contributed by atoms with E-state index in [1.54, 1.807) is 24.3 Å². The number of carbonyl (C=O) groups is 1. The summed E-state index contributed by atoms with van der Waals surface area (Å²) in [4.78, 5) is 13.3. The van der Waals surface area contributed by atoms with E-state index in [-0.39, 0.29) is 10.6 Å². The largest absolute Gasteiger partial charge is 0.368 e. The van der Waals surface area contributed by atoms with Crippen molar-refractivity contribution in [1.82, 2.24) is 4.98 Å². The average molecular weight is 208 g/mol. The van der Waals surface area contributed by atoms with Crippen LogP contribution in [0.15, 0.2) is 54.9 Å². The molecule has 0 unspecified atom stereocenters. The van der Waals surface area contributed by atoms with E-state index in [4.69, 9.17) is 5.73 Å². The zero-order valence-electron chi connectivity index (χ0n) is 8.09. The standard InChI is InChI=1S/C7H7NO.C4H5N.FH/c8-7(9)6-4-2-1-3-5-6;1-2-4-5-3-1;/h1-5H,(H2,8,9);1-5H;1H. The molecular formula is C11H13FN2O.